The van der Waals surface area contributed by atoms with Crippen LogP contribution in [0, 0.1) is 0 Å². The van der Waals surface area contributed by atoms with Crippen LogP contribution in [0.5, 0.6) is 11.5 Å². The van der Waals surface area contributed by atoms with Gasteiger partial charge in [-0.15, -0.1) is 5.10 Å². The van der Waals surface area contributed by atoms with Crippen molar-refractivity contribution in [2.24, 2.45) is 0 Å². The van der Waals surface area contributed by atoms with Crippen molar-refractivity contribution in [1.29, 1.82) is 0 Å². The molecule has 6 rings (SSSR count). The third-order valence-corrected chi connectivity index (χ3v) is 6.42. The summed E-state index contributed by atoms with van der Waals surface area (Å²) in [6.45, 7) is 5.30. The molecule has 0 saturated carbocycles. The smallest absolute Gasteiger partial charge is 0.247 e. The highest BCUT2D eigenvalue weighted by atomic mass is 16.6. The number of nitrogens with one attached hydrogen (secondary N) is 1. The van der Waals surface area contributed by atoms with Gasteiger partial charge in [-0.3, -0.25) is 0 Å². The van der Waals surface area contributed by atoms with Crippen molar-refractivity contribution in [3.63, 3.8) is 0 Å². The van der Waals surface area contributed by atoms with Crippen molar-refractivity contribution < 1.29 is 14.2 Å². The van der Waals surface area contributed by atoms with Gasteiger partial charge in [0.2, 0.25) is 5.95 Å². The highest BCUT2D eigenvalue weighted by Crippen LogP contribution is 2.34. The Balaban J connectivity index is 1.17. The molecule has 1 fully saturated rings. The van der Waals surface area contributed by atoms with Gasteiger partial charge in [0, 0.05) is 17.8 Å². The lowest BCUT2D eigenvalue weighted by molar-refractivity contribution is 0.0699. The summed E-state index contributed by atoms with van der Waals surface area (Å²) in [7, 11) is 0. The SMILES string of the molecule is C1=CC(Nc2nc3cccc(-c4ccc5c(c4)OCCO5)n3n2)=CC(OCCN2CCCC2)C1. The number of fused-ring (bicyclic) bond motifs is 2. The van der Waals surface area contributed by atoms with Gasteiger partial charge in [0.05, 0.1) is 18.4 Å². The minimum Gasteiger partial charge on any atom is -0.486 e. The molecule has 0 amide bonds. The molecule has 1 aliphatic carbocycles. The Kier molecular flexibility index (Phi) is 5.91. The summed E-state index contributed by atoms with van der Waals surface area (Å²) in [6, 6.07) is 11.9. The summed E-state index contributed by atoms with van der Waals surface area (Å²) in [5.41, 5.74) is 3.66. The molecule has 34 heavy (non-hydrogen) atoms. The second-order valence-corrected chi connectivity index (χ2v) is 8.82. The van der Waals surface area contributed by atoms with Crippen LogP contribution in [0.25, 0.3) is 16.9 Å². The van der Waals surface area contributed by atoms with Crippen LogP contribution in [0.4, 0.5) is 5.95 Å². The number of aromatic nitrogens is 3. The number of hydrogen-bond donors (Lipinski definition) is 1. The number of pyridine rings is 1. The van der Waals surface area contributed by atoms with Gasteiger partial charge in [-0.1, -0.05) is 12.1 Å². The van der Waals surface area contributed by atoms with E-state index in [0.29, 0.717) is 19.2 Å². The fourth-order valence-corrected chi connectivity index (χ4v) is 4.70. The Hall–Kier alpha value is -3.36. The average molecular weight is 460 g/mol. The molecule has 1 atom stereocenters. The zero-order valence-electron chi connectivity index (χ0n) is 19.2. The molecule has 2 aromatic heterocycles. The number of likely N-dealkylation sites (tertiary alicyclic amines) is 1. The molecular formula is C26H29N5O3. The first-order valence-corrected chi connectivity index (χ1v) is 12.1. The summed E-state index contributed by atoms with van der Waals surface area (Å²) in [5, 5.41) is 8.09. The minimum absolute atomic E-state index is 0.0698. The summed E-state index contributed by atoms with van der Waals surface area (Å²) in [6.07, 6.45) is 9.90. The molecule has 1 aromatic carbocycles. The monoisotopic (exact) mass is 459 g/mol. The Bertz CT molecular complexity index is 1230. The summed E-state index contributed by atoms with van der Waals surface area (Å²) < 4.78 is 19.4. The van der Waals surface area contributed by atoms with E-state index < -0.39 is 0 Å². The number of anilines is 1. The van der Waals surface area contributed by atoms with E-state index in [4.69, 9.17) is 19.3 Å². The highest BCUT2D eigenvalue weighted by Gasteiger charge is 2.17. The molecule has 3 aromatic rings. The molecule has 0 bridgehead atoms. The fraction of sp³-hybridized carbons (Fsp3) is 0.385. The van der Waals surface area contributed by atoms with Crippen molar-refractivity contribution in [3.8, 4) is 22.8 Å². The van der Waals surface area contributed by atoms with E-state index in [-0.39, 0.29) is 6.10 Å². The lowest BCUT2D eigenvalue weighted by Crippen LogP contribution is -2.26. The number of nitrogens with zero attached hydrogens (tertiary/aromatic N) is 4. The maximum Gasteiger partial charge on any atom is 0.247 e. The first-order chi connectivity index (χ1) is 16.8. The Morgan fingerprint density at radius 1 is 1.06 bits per heavy atom. The van der Waals surface area contributed by atoms with Crippen LogP contribution >= 0.6 is 0 Å². The van der Waals surface area contributed by atoms with E-state index in [9.17, 15) is 0 Å². The first-order valence-electron chi connectivity index (χ1n) is 12.1. The minimum atomic E-state index is 0.0698. The van der Waals surface area contributed by atoms with Crippen molar-refractivity contribution >= 4 is 11.6 Å². The summed E-state index contributed by atoms with van der Waals surface area (Å²) >= 11 is 0. The third-order valence-electron chi connectivity index (χ3n) is 6.42. The molecule has 1 unspecified atom stereocenters. The van der Waals surface area contributed by atoms with Gasteiger partial charge in [0.1, 0.15) is 13.2 Å². The Labute approximate surface area is 198 Å². The molecular weight excluding hydrogens is 430 g/mol. The van der Waals surface area contributed by atoms with Crippen molar-refractivity contribution in [3.05, 3.63) is 60.3 Å². The molecule has 8 nitrogen and oxygen atoms in total. The second-order valence-electron chi connectivity index (χ2n) is 8.82. The van der Waals surface area contributed by atoms with Crippen molar-refractivity contribution in [1.82, 2.24) is 19.5 Å². The van der Waals surface area contributed by atoms with E-state index >= 15 is 0 Å². The molecule has 2 aliphatic heterocycles. The van der Waals surface area contributed by atoms with Gasteiger partial charge in [0.15, 0.2) is 17.1 Å². The maximum atomic E-state index is 6.12. The van der Waals surface area contributed by atoms with Crippen molar-refractivity contribution in [2.45, 2.75) is 25.4 Å². The van der Waals surface area contributed by atoms with Gasteiger partial charge in [-0.05, 0) is 74.8 Å². The number of hydrogen-bond acceptors (Lipinski definition) is 7. The van der Waals surface area contributed by atoms with Crippen LogP contribution in [-0.2, 0) is 4.74 Å². The molecule has 1 N–H and O–H groups in total. The van der Waals surface area contributed by atoms with Gasteiger partial charge in [0.25, 0.3) is 0 Å². The van der Waals surface area contributed by atoms with Crippen LogP contribution in [-0.4, -0.2) is 65.1 Å². The zero-order chi connectivity index (χ0) is 22.7. The van der Waals surface area contributed by atoms with Crippen LogP contribution in [0.2, 0.25) is 0 Å². The van der Waals surface area contributed by atoms with Gasteiger partial charge >= 0.3 is 0 Å². The number of ether oxygens (including phenoxy) is 3. The molecule has 1 saturated heterocycles. The fourth-order valence-electron chi connectivity index (χ4n) is 4.70. The number of rotatable bonds is 7. The zero-order valence-corrected chi connectivity index (χ0v) is 19.2. The van der Waals surface area contributed by atoms with Gasteiger partial charge in [-0.2, -0.15) is 4.98 Å². The lowest BCUT2D eigenvalue weighted by atomic mass is 10.1. The third kappa shape index (κ3) is 4.51. The van der Waals surface area contributed by atoms with Crippen LogP contribution in [0.15, 0.2) is 60.3 Å². The van der Waals surface area contributed by atoms with Crippen LogP contribution in [0.1, 0.15) is 19.3 Å². The van der Waals surface area contributed by atoms with E-state index in [1.165, 1.54) is 25.9 Å². The van der Waals surface area contributed by atoms with Crippen LogP contribution in [0.3, 0.4) is 0 Å². The molecule has 176 valence electrons. The van der Waals surface area contributed by atoms with E-state index in [2.05, 4.69) is 33.4 Å². The predicted molar refractivity (Wildman–Crippen MR) is 130 cm³/mol. The van der Waals surface area contributed by atoms with E-state index in [0.717, 1.165) is 53.7 Å². The number of benzene rings is 1. The maximum absolute atomic E-state index is 6.12. The first kappa shape index (κ1) is 21.2. The molecule has 4 heterocycles. The Morgan fingerprint density at radius 3 is 2.85 bits per heavy atom. The predicted octanol–water partition coefficient (Wildman–Crippen LogP) is 3.90. The topological polar surface area (TPSA) is 73.2 Å². The molecule has 0 spiro atoms. The average Bonchev–Trinajstić information content (AvgIpc) is 3.53. The standard InChI is InChI=1S/C26H29N5O3/c1-2-12-30(11-1)13-14-32-21-6-3-5-20(18-21)27-26-28-25-8-4-7-22(31(25)29-26)19-9-10-23-24(17-19)34-16-15-33-23/h3-5,7-10,17-18,21H,1-2,6,11-16H2,(H,27,29). The molecule has 3 aliphatic rings. The quantitative estimate of drug-likeness (QED) is 0.574. The lowest BCUT2D eigenvalue weighted by Gasteiger charge is -2.20. The summed E-state index contributed by atoms with van der Waals surface area (Å²) in [5.74, 6) is 2.09. The van der Waals surface area contributed by atoms with Gasteiger partial charge in [-0.25, -0.2) is 4.52 Å². The largest absolute Gasteiger partial charge is 0.486 e. The molecule has 0 radical (unpaired) electrons. The van der Waals surface area contributed by atoms with Gasteiger partial charge < -0.3 is 24.4 Å². The Morgan fingerprint density at radius 2 is 1.94 bits per heavy atom. The normalized spacial score (nSPS) is 20.0. The summed E-state index contributed by atoms with van der Waals surface area (Å²) in [4.78, 5) is 7.16. The van der Waals surface area contributed by atoms with E-state index in [1.807, 2.05) is 40.9 Å². The molecule has 8 heteroatoms. The van der Waals surface area contributed by atoms with E-state index in [1.54, 1.807) is 0 Å². The highest BCUT2D eigenvalue weighted by molar-refractivity contribution is 5.67. The van der Waals surface area contributed by atoms with Crippen LogP contribution < -0.4 is 14.8 Å². The number of allylic oxidation sites excluding steroid dienone is 1. The van der Waals surface area contributed by atoms with Crippen molar-refractivity contribution in [2.75, 3.05) is 44.8 Å². The second kappa shape index (κ2) is 9.48.